The van der Waals surface area contributed by atoms with Gasteiger partial charge in [-0.25, -0.2) is 0 Å². The second kappa shape index (κ2) is 11.3. The van der Waals surface area contributed by atoms with Crippen LogP contribution in [-0.4, -0.2) is 87.9 Å². The molecule has 1 amide bonds. The van der Waals surface area contributed by atoms with E-state index in [1.807, 2.05) is 0 Å². The summed E-state index contributed by atoms with van der Waals surface area (Å²) in [6.07, 6.45) is 5.67. The van der Waals surface area contributed by atoms with Crippen LogP contribution in [0.5, 0.6) is 0 Å². The smallest absolute Gasteiger partial charge is 0.316 e. The first kappa shape index (κ1) is 30.6. The Bertz CT molecular complexity index is 903. The summed E-state index contributed by atoms with van der Waals surface area (Å²) in [5.74, 6) is 0.705. The van der Waals surface area contributed by atoms with Crippen molar-refractivity contribution in [2.24, 2.45) is 46.3 Å². The molecule has 0 aliphatic heterocycles. The van der Waals surface area contributed by atoms with E-state index in [1.54, 1.807) is 0 Å². The predicted octanol–water partition coefficient (Wildman–Crippen LogP) is 1.45. The molecule has 36 heavy (non-hydrogen) atoms. The van der Waals surface area contributed by atoms with Crippen molar-refractivity contribution in [1.82, 2.24) is 5.32 Å². The Morgan fingerprint density at radius 3 is 2.42 bits per heavy atom. The zero-order valence-electron chi connectivity index (χ0n) is 21.4. The van der Waals surface area contributed by atoms with Crippen molar-refractivity contribution < 1.29 is 33.1 Å². The minimum atomic E-state index is -4.10. The number of fused-ring (bicyclic) bond motifs is 5. The first-order chi connectivity index (χ1) is 16.3. The highest BCUT2D eigenvalue weighted by Crippen LogP contribution is 2.68. The minimum absolute atomic E-state index is 0. The summed E-state index contributed by atoms with van der Waals surface area (Å²) in [6, 6.07) is 0. The summed E-state index contributed by atoms with van der Waals surface area (Å²) < 4.78 is 30.5. The molecule has 4 aliphatic rings. The third kappa shape index (κ3) is 5.65. The quantitative estimate of drug-likeness (QED) is 0.242. The molecule has 0 aromatic carbocycles. The second-order valence-electron chi connectivity index (χ2n) is 12.7. The number of rotatable bonds is 7. The maximum absolute atomic E-state index is 12.2. The Morgan fingerprint density at radius 2 is 1.75 bits per heavy atom. The average molecular weight is 542 g/mol. The summed E-state index contributed by atoms with van der Waals surface area (Å²) in [6.45, 7) is 6.56. The van der Waals surface area contributed by atoms with Crippen LogP contribution in [0.4, 0.5) is 0 Å². The lowest BCUT2D eigenvalue weighted by Crippen LogP contribution is -2.62. The normalized spacial score (nSPS) is 45.0. The largest absolute Gasteiger partial charge is 0.393 e. The van der Waals surface area contributed by atoms with Crippen molar-refractivity contribution >= 4 is 39.1 Å². The Balaban J connectivity index is 0.00000361. The van der Waals surface area contributed by atoms with Gasteiger partial charge < -0.3 is 20.6 Å². The summed E-state index contributed by atoms with van der Waals surface area (Å²) in [7, 11) is -4.10. The molecule has 0 aromatic heterocycles. The number of carbonyl (C=O) groups excluding carboxylic acids is 1. The van der Waals surface area contributed by atoms with Gasteiger partial charge in [0.2, 0.25) is 5.91 Å². The summed E-state index contributed by atoms with van der Waals surface area (Å²) >= 11 is 0. The SMILES string of the molecule is C[C@H](CCC(=O)NCCS(=O)(=O)O)[C@H]1CC[C@H]2[C@@H]3[C@H](O)C[C@@H]4C[C@H](O)CC[C@]4(C)[C@H]3C[C@H](O)[C@]12C.[MgH2]. The topological polar surface area (TPSA) is 144 Å². The van der Waals surface area contributed by atoms with Gasteiger partial charge in [0.25, 0.3) is 10.1 Å². The van der Waals surface area contributed by atoms with E-state index in [2.05, 4.69) is 26.1 Å². The molecule has 0 aromatic rings. The Kier molecular flexibility index (Phi) is 9.56. The molecule has 0 radical (unpaired) electrons. The van der Waals surface area contributed by atoms with Crippen molar-refractivity contribution in [3.63, 3.8) is 0 Å². The summed E-state index contributed by atoms with van der Waals surface area (Å²) in [5.41, 5.74) is -0.254. The van der Waals surface area contributed by atoms with Crippen LogP contribution in [0, 0.1) is 46.3 Å². The van der Waals surface area contributed by atoms with Crippen LogP contribution in [0.25, 0.3) is 0 Å². The molecular weight excluding hydrogens is 495 g/mol. The van der Waals surface area contributed by atoms with E-state index in [1.165, 1.54) is 0 Å². The molecule has 206 valence electrons. The van der Waals surface area contributed by atoms with Gasteiger partial charge in [-0.3, -0.25) is 9.35 Å². The van der Waals surface area contributed by atoms with Gasteiger partial charge in [0.15, 0.2) is 0 Å². The van der Waals surface area contributed by atoms with E-state index in [4.69, 9.17) is 4.55 Å². The number of nitrogens with one attached hydrogen (secondary N) is 1. The number of hydrogen-bond donors (Lipinski definition) is 5. The van der Waals surface area contributed by atoms with Gasteiger partial charge in [-0.05, 0) is 97.7 Å². The van der Waals surface area contributed by atoms with Gasteiger partial charge in [-0.2, -0.15) is 8.42 Å². The highest BCUT2D eigenvalue weighted by molar-refractivity contribution is 7.85. The molecule has 4 rings (SSSR count). The van der Waals surface area contributed by atoms with E-state index in [0.29, 0.717) is 18.8 Å². The van der Waals surface area contributed by atoms with Crippen LogP contribution in [-0.2, 0) is 14.9 Å². The maximum Gasteiger partial charge on any atom is 0.316 e. The Morgan fingerprint density at radius 1 is 1.06 bits per heavy atom. The molecule has 4 aliphatic carbocycles. The average Bonchev–Trinajstić information content (AvgIpc) is 3.12. The molecule has 0 saturated heterocycles. The fourth-order valence-electron chi connectivity index (χ4n) is 9.10. The van der Waals surface area contributed by atoms with Crippen LogP contribution >= 0.6 is 0 Å². The number of carbonyl (C=O) groups is 1. The molecule has 11 atom stereocenters. The number of amides is 1. The number of aliphatic hydroxyl groups excluding tert-OH is 3. The fraction of sp³-hybridized carbons (Fsp3) is 0.962. The molecular formula is C26H47MgNO7S. The van der Waals surface area contributed by atoms with E-state index in [0.717, 1.165) is 38.5 Å². The van der Waals surface area contributed by atoms with E-state index in [9.17, 15) is 28.5 Å². The molecule has 4 fully saturated rings. The predicted molar refractivity (Wildman–Crippen MR) is 140 cm³/mol. The fourth-order valence-corrected chi connectivity index (χ4v) is 9.46. The van der Waals surface area contributed by atoms with Crippen molar-refractivity contribution in [2.45, 2.75) is 96.9 Å². The van der Waals surface area contributed by atoms with Gasteiger partial charge in [0.1, 0.15) is 0 Å². The summed E-state index contributed by atoms with van der Waals surface area (Å²) in [4.78, 5) is 12.2. The van der Waals surface area contributed by atoms with Crippen LogP contribution in [0.1, 0.15) is 78.6 Å². The van der Waals surface area contributed by atoms with Crippen LogP contribution in [0.15, 0.2) is 0 Å². The van der Waals surface area contributed by atoms with E-state index in [-0.39, 0.29) is 88.4 Å². The van der Waals surface area contributed by atoms with E-state index < -0.39 is 28.1 Å². The van der Waals surface area contributed by atoms with E-state index >= 15 is 0 Å². The standard InChI is InChI=1S/C26H45NO7S.Mg.2H/c1-15(4-7-23(31)27-10-11-35(32,33)34)18-5-6-19-24-20(14-22(30)26(18,19)3)25(2)9-8-17(28)12-16(25)13-21(24)29;;;/h15-22,24,28-30H,4-14H2,1-3H3,(H,27,31)(H,32,33,34);;;/t15-,16+,17-,18-,19+,20+,21-,22+,24+,25+,26-;;;/m1.../s1. The number of hydrogen-bond acceptors (Lipinski definition) is 6. The zero-order valence-corrected chi connectivity index (χ0v) is 22.2. The minimum Gasteiger partial charge on any atom is -0.393 e. The molecule has 8 nitrogen and oxygen atoms in total. The zero-order chi connectivity index (χ0) is 25.8. The summed E-state index contributed by atoms with van der Waals surface area (Å²) in [5, 5.41) is 35.8. The van der Waals surface area contributed by atoms with Gasteiger partial charge in [0, 0.05) is 13.0 Å². The monoisotopic (exact) mass is 541 g/mol. The van der Waals surface area contributed by atoms with Crippen molar-refractivity contribution in [2.75, 3.05) is 12.3 Å². The molecule has 10 heteroatoms. The van der Waals surface area contributed by atoms with Crippen molar-refractivity contribution in [3.05, 3.63) is 0 Å². The highest BCUT2D eigenvalue weighted by Gasteiger charge is 2.65. The first-order valence-corrected chi connectivity index (χ1v) is 15.1. The third-order valence-electron chi connectivity index (χ3n) is 11.0. The van der Waals surface area contributed by atoms with Gasteiger partial charge in [-0.15, -0.1) is 0 Å². The lowest BCUT2D eigenvalue weighted by molar-refractivity contribution is -0.207. The lowest BCUT2D eigenvalue weighted by atomic mass is 9.43. The molecule has 0 unspecified atom stereocenters. The van der Waals surface area contributed by atoms with Crippen molar-refractivity contribution in [1.29, 1.82) is 0 Å². The molecule has 5 N–H and O–H groups in total. The second-order valence-corrected chi connectivity index (χ2v) is 14.2. The highest BCUT2D eigenvalue weighted by atomic mass is 32.2. The Hall–Kier alpha value is 0.0262. The third-order valence-corrected chi connectivity index (χ3v) is 11.7. The molecule has 0 spiro atoms. The maximum atomic E-state index is 12.2. The van der Waals surface area contributed by atoms with Crippen LogP contribution in [0.3, 0.4) is 0 Å². The van der Waals surface area contributed by atoms with Crippen molar-refractivity contribution in [3.8, 4) is 0 Å². The van der Waals surface area contributed by atoms with Gasteiger partial charge in [-0.1, -0.05) is 20.8 Å². The molecule has 0 bridgehead atoms. The Labute approximate surface area is 232 Å². The molecule has 4 saturated carbocycles. The number of aliphatic hydroxyl groups is 3. The lowest BCUT2D eigenvalue weighted by Gasteiger charge is -2.63. The van der Waals surface area contributed by atoms with Crippen LogP contribution < -0.4 is 5.32 Å². The van der Waals surface area contributed by atoms with Gasteiger partial charge >= 0.3 is 23.1 Å². The van der Waals surface area contributed by atoms with Gasteiger partial charge in [0.05, 0.1) is 24.1 Å². The first-order valence-electron chi connectivity index (χ1n) is 13.5. The molecule has 0 heterocycles. The van der Waals surface area contributed by atoms with Crippen LogP contribution in [0.2, 0.25) is 0 Å².